The minimum absolute atomic E-state index is 0.127. The highest BCUT2D eigenvalue weighted by Gasteiger charge is 2.28. The highest BCUT2D eigenvalue weighted by molar-refractivity contribution is 8.03. The molecule has 1 aliphatic rings. The Morgan fingerprint density at radius 1 is 1.37 bits per heavy atom. The number of benzene rings is 2. The molecule has 0 saturated heterocycles. The van der Waals surface area contributed by atoms with Crippen LogP contribution in [0.15, 0.2) is 58.0 Å². The lowest BCUT2D eigenvalue weighted by atomic mass is 10.2. The molecule has 0 saturated carbocycles. The molecule has 0 bridgehead atoms. The van der Waals surface area contributed by atoms with E-state index in [4.69, 9.17) is 4.74 Å². The van der Waals surface area contributed by atoms with Crippen LogP contribution >= 0.6 is 11.8 Å². The summed E-state index contributed by atoms with van der Waals surface area (Å²) in [7, 11) is 1.73. The van der Waals surface area contributed by atoms with Crippen LogP contribution in [0.25, 0.3) is 0 Å². The first kappa shape index (κ1) is 18.4. The first-order valence-corrected chi connectivity index (χ1v) is 8.49. The van der Waals surface area contributed by atoms with Crippen molar-refractivity contribution in [1.29, 1.82) is 5.26 Å². The Kier molecular flexibility index (Phi) is 5.09. The van der Waals surface area contributed by atoms with Crippen LogP contribution in [-0.2, 0) is 4.79 Å². The molecule has 0 spiro atoms. The van der Waals surface area contributed by atoms with E-state index in [1.54, 1.807) is 11.9 Å². The Labute approximate surface area is 157 Å². The van der Waals surface area contributed by atoms with Crippen molar-refractivity contribution in [3.63, 3.8) is 0 Å². The SMILES string of the molecule is CN1/C(=C(\C#N)C(=O)COc2cc(F)ccc2[N+](=O)[O-])Sc2ccccc21. The zero-order valence-corrected chi connectivity index (χ0v) is 14.8. The zero-order valence-electron chi connectivity index (χ0n) is 14.0. The van der Waals surface area contributed by atoms with Crippen LogP contribution in [0, 0.1) is 27.3 Å². The molecule has 3 rings (SSSR count). The number of halogens is 1. The van der Waals surface area contributed by atoms with Gasteiger partial charge in [0.15, 0.2) is 12.4 Å². The Bertz CT molecular complexity index is 1020. The first-order chi connectivity index (χ1) is 12.9. The van der Waals surface area contributed by atoms with E-state index in [9.17, 15) is 24.6 Å². The molecule has 2 aromatic rings. The average Bonchev–Trinajstić information content (AvgIpc) is 2.97. The molecule has 136 valence electrons. The van der Waals surface area contributed by atoms with Gasteiger partial charge in [0.2, 0.25) is 5.78 Å². The van der Waals surface area contributed by atoms with E-state index in [2.05, 4.69) is 0 Å². The highest BCUT2D eigenvalue weighted by Crippen LogP contribution is 2.46. The number of hydrogen-bond donors (Lipinski definition) is 0. The number of carbonyl (C=O) groups is 1. The first-order valence-electron chi connectivity index (χ1n) is 7.67. The lowest BCUT2D eigenvalue weighted by Gasteiger charge is -2.14. The average molecular weight is 385 g/mol. The summed E-state index contributed by atoms with van der Waals surface area (Å²) < 4.78 is 18.5. The number of nitro groups is 1. The summed E-state index contributed by atoms with van der Waals surface area (Å²) in [6.07, 6.45) is 0. The van der Waals surface area contributed by atoms with E-state index < -0.39 is 28.8 Å². The maximum atomic E-state index is 13.3. The summed E-state index contributed by atoms with van der Waals surface area (Å²) in [6, 6.07) is 12.0. The Morgan fingerprint density at radius 2 is 2.11 bits per heavy atom. The predicted molar refractivity (Wildman–Crippen MR) is 96.9 cm³/mol. The van der Waals surface area contributed by atoms with Gasteiger partial charge in [-0.1, -0.05) is 23.9 Å². The number of para-hydroxylation sites is 1. The largest absolute Gasteiger partial charge is 0.478 e. The van der Waals surface area contributed by atoms with Crippen molar-refractivity contribution in [3.05, 3.63) is 69.0 Å². The summed E-state index contributed by atoms with van der Waals surface area (Å²) in [5, 5.41) is 20.9. The number of nitro benzene ring substituents is 1. The van der Waals surface area contributed by atoms with Gasteiger partial charge in [0.25, 0.3) is 0 Å². The molecule has 0 amide bonds. The standard InChI is InChI=1S/C18H12FN3O4S/c1-21-14-4-2-3-5-17(14)27-18(21)12(9-20)15(23)10-26-16-8-11(19)6-7-13(16)22(24)25/h2-8H,10H2,1H3/b18-12-. The van der Waals surface area contributed by atoms with Gasteiger partial charge in [-0.2, -0.15) is 5.26 Å². The summed E-state index contributed by atoms with van der Waals surface area (Å²) >= 11 is 1.28. The number of anilines is 1. The van der Waals surface area contributed by atoms with E-state index >= 15 is 0 Å². The number of carbonyl (C=O) groups excluding carboxylic acids is 1. The summed E-state index contributed by atoms with van der Waals surface area (Å²) in [4.78, 5) is 25.4. The van der Waals surface area contributed by atoms with Gasteiger partial charge >= 0.3 is 5.69 Å². The predicted octanol–water partition coefficient (Wildman–Crippen LogP) is 3.66. The van der Waals surface area contributed by atoms with Crippen LogP contribution in [0.2, 0.25) is 0 Å². The molecule has 1 aliphatic heterocycles. The van der Waals surface area contributed by atoms with Crippen molar-refractivity contribution >= 4 is 28.9 Å². The summed E-state index contributed by atoms with van der Waals surface area (Å²) in [5.41, 5.74) is 0.271. The second kappa shape index (κ2) is 7.47. The molecular formula is C18H12FN3O4S. The normalized spacial score (nSPS) is 14.3. The quantitative estimate of drug-likeness (QED) is 0.335. The second-order valence-corrected chi connectivity index (χ2v) is 6.53. The van der Waals surface area contributed by atoms with Gasteiger partial charge in [0, 0.05) is 24.1 Å². The van der Waals surface area contributed by atoms with Gasteiger partial charge in [-0.15, -0.1) is 0 Å². The lowest BCUT2D eigenvalue weighted by molar-refractivity contribution is -0.385. The molecule has 2 aromatic carbocycles. The third-order valence-electron chi connectivity index (χ3n) is 3.82. The summed E-state index contributed by atoms with van der Waals surface area (Å²) in [6.45, 7) is -0.624. The molecule has 7 nitrogen and oxygen atoms in total. The van der Waals surface area contributed by atoms with E-state index in [0.717, 1.165) is 28.8 Å². The zero-order chi connectivity index (χ0) is 19.6. The number of thioether (sulfide) groups is 1. The fourth-order valence-electron chi connectivity index (χ4n) is 2.52. The van der Waals surface area contributed by atoms with Crippen molar-refractivity contribution in [2.24, 2.45) is 0 Å². The monoisotopic (exact) mass is 385 g/mol. The van der Waals surface area contributed by atoms with Crippen molar-refractivity contribution in [1.82, 2.24) is 0 Å². The van der Waals surface area contributed by atoms with Gasteiger partial charge in [0.1, 0.15) is 22.5 Å². The van der Waals surface area contributed by atoms with Crippen LogP contribution in [0.3, 0.4) is 0 Å². The van der Waals surface area contributed by atoms with E-state index in [0.29, 0.717) is 5.03 Å². The van der Waals surface area contributed by atoms with Gasteiger partial charge in [-0.3, -0.25) is 14.9 Å². The fraction of sp³-hybridized carbons (Fsp3) is 0.111. The maximum absolute atomic E-state index is 13.3. The smallest absolute Gasteiger partial charge is 0.311 e. The number of nitriles is 1. The minimum Gasteiger partial charge on any atom is -0.478 e. The van der Waals surface area contributed by atoms with Crippen LogP contribution in [0.1, 0.15) is 0 Å². The number of Topliss-reactive ketones (excluding diaryl/α,β-unsaturated/α-hetero) is 1. The molecule has 0 N–H and O–H groups in total. The number of ketones is 1. The van der Waals surface area contributed by atoms with E-state index in [1.165, 1.54) is 11.8 Å². The van der Waals surface area contributed by atoms with Crippen molar-refractivity contribution in [2.45, 2.75) is 4.90 Å². The number of hydrogen-bond acceptors (Lipinski definition) is 7. The Hall–Kier alpha value is -3.38. The third kappa shape index (κ3) is 3.61. The topological polar surface area (TPSA) is 96.5 Å². The molecule has 9 heteroatoms. The van der Waals surface area contributed by atoms with Crippen LogP contribution in [0.4, 0.5) is 15.8 Å². The van der Waals surface area contributed by atoms with Crippen LogP contribution in [-0.4, -0.2) is 24.4 Å². The van der Waals surface area contributed by atoms with Gasteiger partial charge < -0.3 is 9.64 Å². The van der Waals surface area contributed by atoms with Crippen molar-refractivity contribution in [3.8, 4) is 11.8 Å². The number of ether oxygens (including phenoxy) is 1. The lowest BCUT2D eigenvalue weighted by Crippen LogP contribution is -2.19. The number of nitrogens with zero attached hydrogens (tertiary/aromatic N) is 3. The van der Waals surface area contributed by atoms with Gasteiger partial charge in [-0.25, -0.2) is 4.39 Å². The Balaban J connectivity index is 1.83. The molecular weight excluding hydrogens is 373 g/mol. The molecule has 0 unspecified atom stereocenters. The van der Waals surface area contributed by atoms with E-state index in [-0.39, 0.29) is 11.3 Å². The second-order valence-electron chi connectivity index (χ2n) is 5.50. The summed E-state index contributed by atoms with van der Waals surface area (Å²) in [5.74, 6) is -1.76. The van der Waals surface area contributed by atoms with Gasteiger partial charge in [-0.05, 0) is 18.2 Å². The molecule has 0 atom stereocenters. The molecule has 0 aliphatic carbocycles. The maximum Gasteiger partial charge on any atom is 0.311 e. The van der Waals surface area contributed by atoms with Crippen LogP contribution < -0.4 is 9.64 Å². The molecule has 0 fully saturated rings. The minimum atomic E-state index is -0.736. The Morgan fingerprint density at radius 3 is 2.78 bits per heavy atom. The third-order valence-corrected chi connectivity index (χ3v) is 5.06. The highest BCUT2D eigenvalue weighted by atomic mass is 32.2. The molecule has 0 aromatic heterocycles. The fourth-order valence-corrected chi connectivity index (χ4v) is 3.68. The molecule has 0 radical (unpaired) electrons. The van der Waals surface area contributed by atoms with E-state index in [1.807, 2.05) is 30.3 Å². The van der Waals surface area contributed by atoms with Crippen LogP contribution in [0.5, 0.6) is 5.75 Å². The van der Waals surface area contributed by atoms with Crippen molar-refractivity contribution < 1.29 is 18.8 Å². The number of rotatable bonds is 5. The van der Waals surface area contributed by atoms with Gasteiger partial charge in [0.05, 0.1) is 10.6 Å². The van der Waals surface area contributed by atoms with Crippen molar-refractivity contribution in [2.75, 3.05) is 18.6 Å². The molecule has 1 heterocycles. The number of fused-ring (bicyclic) bond motifs is 1. The molecule has 27 heavy (non-hydrogen) atoms.